The second-order valence-electron chi connectivity index (χ2n) is 8.53. The molecule has 2 heterocycles. The van der Waals surface area contributed by atoms with E-state index in [9.17, 15) is 19.5 Å². The van der Waals surface area contributed by atoms with Crippen molar-refractivity contribution in [2.24, 2.45) is 11.7 Å². The van der Waals surface area contributed by atoms with Crippen LogP contribution in [0.2, 0.25) is 0 Å². The Morgan fingerprint density at radius 3 is 2.47 bits per heavy atom. The number of carboxylic acid groups (broad SMARTS) is 1. The summed E-state index contributed by atoms with van der Waals surface area (Å²) < 4.78 is 0. The van der Waals surface area contributed by atoms with Gasteiger partial charge in [-0.2, -0.15) is 0 Å². The average Bonchev–Trinajstić information content (AvgIpc) is 3.32. The fourth-order valence-corrected chi connectivity index (χ4v) is 4.54. The first-order chi connectivity index (χ1) is 16.3. The number of hydrogen-bond donors (Lipinski definition) is 4. The van der Waals surface area contributed by atoms with Crippen molar-refractivity contribution in [3.63, 3.8) is 0 Å². The van der Waals surface area contributed by atoms with E-state index < -0.39 is 17.9 Å². The number of rotatable bonds is 7. The summed E-state index contributed by atoms with van der Waals surface area (Å²) in [5.41, 5.74) is 9.17. The topological polar surface area (TPSA) is 142 Å². The fraction of sp³-hybridized carbons (Fsp3) is 0.231. The number of hydrogen-bond acceptors (Lipinski definition) is 3. The van der Waals surface area contributed by atoms with Gasteiger partial charge in [0.05, 0.1) is 11.5 Å². The van der Waals surface area contributed by atoms with Crippen molar-refractivity contribution in [1.29, 1.82) is 0 Å². The second-order valence-corrected chi connectivity index (χ2v) is 8.53. The van der Waals surface area contributed by atoms with Crippen molar-refractivity contribution in [1.82, 2.24) is 9.88 Å². The minimum atomic E-state index is -0.937. The molecule has 0 spiro atoms. The highest BCUT2D eigenvalue weighted by atomic mass is 16.4. The third-order valence-electron chi connectivity index (χ3n) is 6.31. The summed E-state index contributed by atoms with van der Waals surface area (Å²) in [7, 11) is 0. The standard InChI is InChI=1S/C26H26N4O4/c27-24(28)19-4-1-3-16(13-19)14-21(26(33)34)22-5-2-12-30(22)25(32)18-8-6-17(7-9-18)20-10-11-23(31)29-15-20/h1,3-4,6-11,13,15,21-22H,2,5,12,14H2,(H3,27,28)(H,29,31)(H,33,34)/p+1. The van der Waals surface area contributed by atoms with Gasteiger partial charge in [0.2, 0.25) is 5.56 Å². The molecule has 1 amide bonds. The molecule has 1 fully saturated rings. The Morgan fingerprint density at radius 2 is 1.82 bits per heavy atom. The van der Waals surface area contributed by atoms with Crippen molar-refractivity contribution in [2.75, 3.05) is 6.54 Å². The smallest absolute Gasteiger partial charge is 0.308 e. The largest absolute Gasteiger partial charge is 0.481 e. The molecule has 34 heavy (non-hydrogen) atoms. The number of aromatic nitrogens is 1. The van der Waals surface area contributed by atoms with Gasteiger partial charge >= 0.3 is 5.97 Å². The van der Waals surface area contributed by atoms with Crippen LogP contribution in [-0.4, -0.2) is 45.3 Å². The molecule has 8 heteroatoms. The van der Waals surface area contributed by atoms with Gasteiger partial charge in [-0.1, -0.05) is 24.3 Å². The van der Waals surface area contributed by atoms with Crippen LogP contribution in [0.5, 0.6) is 0 Å². The highest BCUT2D eigenvalue weighted by Crippen LogP contribution is 2.29. The van der Waals surface area contributed by atoms with E-state index in [1.165, 1.54) is 6.07 Å². The van der Waals surface area contributed by atoms with Gasteiger partial charge in [-0.15, -0.1) is 0 Å². The maximum absolute atomic E-state index is 13.3. The summed E-state index contributed by atoms with van der Waals surface area (Å²) in [6, 6.07) is 17.1. The van der Waals surface area contributed by atoms with E-state index >= 15 is 0 Å². The molecule has 2 atom stereocenters. The number of aliphatic carboxylic acids is 1. The van der Waals surface area contributed by atoms with E-state index in [-0.39, 0.29) is 23.7 Å². The van der Waals surface area contributed by atoms with Crippen molar-refractivity contribution in [3.8, 4) is 11.1 Å². The average molecular weight is 460 g/mol. The first kappa shape index (κ1) is 23.0. The lowest BCUT2D eigenvalue weighted by atomic mass is 9.89. The summed E-state index contributed by atoms with van der Waals surface area (Å²) in [4.78, 5) is 41.1. The molecule has 2 aromatic carbocycles. The normalized spacial score (nSPS) is 16.2. The minimum absolute atomic E-state index is 0.178. The number of carbonyl (C=O) groups excluding carboxylic acids is 1. The Hall–Kier alpha value is -4.20. The summed E-state index contributed by atoms with van der Waals surface area (Å²) >= 11 is 0. The Kier molecular flexibility index (Phi) is 6.58. The zero-order valence-corrected chi connectivity index (χ0v) is 18.6. The van der Waals surface area contributed by atoms with Crippen molar-refractivity contribution in [3.05, 3.63) is 93.9 Å². The zero-order valence-electron chi connectivity index (χ0n) is 18.6. The highest BCUT2D eigenvalue weighted by Gasteiger charge is 2.38. The van der Waals surface area contributed by atoms with Crippen LogP contribution in [-0.2, 0) is 11.2 Å². The predicted molar refractivity (Wildman–Crippen MR) is 128 cm³/mol. The number of amides is 1. The molecule has 0 bridgehead atoms. The molecule has 174 valence electrons. The zero-order chi connectivity index (χ0) is 24.2. The molecular weight excluding hydrogens is 432 g/mol. The Labute approximate surface area is 196 Å². The van der Waals surface area contributed by atoms with Crippen LogP contribution in [0.1, 0.15) is 34.3 Å². The van der Waals surface area contributed by atoms with Crippen molar-refractivity contribution in [2.45, 2.75) is 25.3 Å². The quantitative estimate of drug-likeness (QED) is 0.309. The van der Waals surface area contributed by atoms with Gasteiger partial charge in [0.1, 0.15) is 0 Å². The van der Waals surface area contributed by atoms with E-state index in [1.807, 2.05) is 18.2 Å². The van der Waals surface area contributed by atoms with Crippen LogP contribution in [0.4, 0.5) is 0 Å². The van der Waals surface area contributed by atoms with Gasteiger partial charge in [-0.05, 0) is 66.3 Å². The number of H-pyrrole nitrogens is 1. The van der Waals surface area contributed by atoms with Crippen LogP contribution < -0.4 is 16.7 Å². The van der Waals surface area contributed by atoms with Crippen molar-refractivity contribution < 1.29 is 20.1 Å². The first-order valence-electron chi connectivity index (χ1n) is 11.1. The molecular formula is C26H27N4O4+. The van der Waals surface area contributed by atoms with Crippen LogP contribution >= 0.6 is 0 Å². The number of carboxylic acids is 1. The molecule has 3 aromatic rings. The van der Waals surface area contributed by atoms with E-state index in [2.05, 4.69) is 4.98 Å². The van der Waals surface area contributed by atoms with E-state index in [1.54, 1.807) is 47.5 Å². The number of carbonyl (C=O) groups is 2. The van der Waals surface area contributed by atoms with E-state index in [0.29, 0.717) is 24.1 Å². The first-order valence-corrected chi connectivity index (χ1v) is 11.1. The molecule has 4 rings (SSSR count). The third kappa shape index (κ3) is 4.91. The molecule has 0 radical (unpaired) electrons. The Bertz CT molecular complexity index is 1260. The fourth-order valence-electron chi connectivity index (χ4n) is 4.54. The third-order valence-corrected chi connectivity index (χ3v) is 6.31. The number of benzene rings is 2. The predicted octanol–water partition coefficient (Wildman–Crippen LogP) is 1.05. The maximum atomic E-state index is 13.3. The maximum Gasteiger partial charge on any atom is 0.308 e. The van der Waals surface area contributed by atoms with Crippen LogP contribution in [0.3, 0.4) is 0 Å². The number of nitrogens with zero attached hydrogens (tertiary/aromatic N) is 1. The number of pyridine rings is 1. The molecule has 0 saturated carbocycles. The molecule has 0 aliphatic carbocycles. The summed E-state index contributed by atoms with van der Waals surface area (Å²) in [6.07, 6.45) is 3.27. The summed E-state index contributed by atoms with van der Waals surface area (Å²) in [5.74, 6) is -1.69. The lowest BCUT2D eigenvalue weighted by Gasteiger charge is -2.30. The summed E-state index contributed by atoms with van der Waals surface area (Å²) in [6.45, 7) is 0.512. The number of nitrogens with two attached hydrogens (primary N) is 2. The molecule has 8 nitrogen and oxygen atoms in total. The van der Waals surface area contributed by atoms with Gasteiger partial charge < -0.3 is 15.0 Å². The monoisotopic (exact) mass is 459 g/mol. The molecule has 1 saturated heterocycles. The van der Waals surface area contributed by atoms with Crippen LogP contribution in [0.15, 0.2) is 71.7 Å². The molecule has 1 aliphatic heterocycles. The molecule has 1 aliphatic rings. The Balaban J connectivity index is 1.54. The van der Waals surface area contributed by atoms with Gasteiger partial charge in [0.15, 0.2) is 0 Å². The molecule has 1 aromatic heterocycles. The lowest BCUT2D eigenvalue weighted by molar-refractivity contribution is -0.143. The van der Waals surface area contributed by atoms with Gasteiger partial charge in [-0.25, -0.2) is 0 Å². The van der Waals surface area contributed by atoms with E-state index in [4.69, 9.17) is 11.1 Å². The highest BCUT2D eigenvalue weighted by molar-refractivity contribution is 5.95. The van der Waals surface area contributed by atoms with E-state index in [0.717, 1.165) is 23.1 Å². The summed E-state index contributed by atoms with van der Waals surface area (Å²) in [5, 5.41) is 15.7. The molecule has 2 unspecified atom stereocenters. The van der Waals surface area contributed by atoms with Gasteiger partial charge in [0, 0.05) is 30.4 Å². The van der Waals surface area contributed by atoms with Crippen LogP contribution in [0, 0.1) is 5.92 Å². The van der Waals surface area contributed by atoms with Gasteiger partial charge in [0.25, 0.3) is 11.7 Å². The van der Waals surface area contributed by atoms with Crippen LogP contribution in [0.25, 0.3) is 11.1 Å². The number of nitrogens with one attached hydrogen (secondary N) is 1. The number of amidine groups is 1. The van der Waals surface area contributed by atoms with Gasteiger partial charge in [-0.3, -0.25) is 25.5 Å². The number of likely N-dealkylation sites (tertiary alicyclic amines) is 1. The second kappa shape index (κ2) is 9.74. The Morgan fingerprint density at radius 1 is 1.09 bits per heavy atom. The SMILES string of the molecule is NC(=[NH2+])c1cccc(CC(C(=O)O)C2CCCN2C(=O)c2ccc(-c3ccc(=O)[nH]c3)cc2)c1. The number of aromatic amines is 1. The molecule has 6 N–H and O–H groups in total. The minimum Gasteiger partial charge on any atom is -0.481 e. The lowest BCUT2D eigenvalue weighted by Crippen LogP contribution is -2.46. The van der Waals surface area contributed by atoms with Crippen molar-refractivity contribution >= 4 is 17.7 Å².